The molecule has 1 atom stereocenters. The molecule has 1 aliphatic heterocycles. The highest BCUT2D eigenvalue weighted by Crippen LogP contribution is 2.21. The molecule has 3 heterocycles. The Morgan fingerprint density at radius 2 is 1.93 bits per heavy atom. The Bertz CT molecular complexity index is 938. The smallest absolute Gasteiger partial charge is 0.222 e. The summed E-state index contributed by atoms with van der Waals surface area (Å²) in [5.74, 6) is 0.264. The summed E-state index contributed by atoms with van der Waals surface area (Å²) in [6.07, 6.45) is 7.83. The van der Waals surface area contributed by atoms with Crippen LogP contribution in [0.1, 0.15) is 25.3 Å². The van der Waals surface area contributed by atoms with Crippen LogP contribution < -0.4 is 4.90 Å². The Morgan fingerprint density at radius 3 is 2.75 bits per heavy atom. The number of anilines is 1. The van der Waals surface area contributed by atoms with Gasteiger partial charge in [-0.2, -0.15) is 0 Å². The summed E-state index contributed by atoms with van der Waals surface area (Å²) < 4.78 is 0. The third-order valence-corrected chi connectivity index (χ3v) is 5.55. The van der Waals surface area contributed by atoms with Crippen molar-refractivity contribution in [1.82, 2.24) is 14.9 Å². The Kier molecular flexibility index (Phi) is 5.51. The summed E-state index contributed by atoms with van der Waals surface area (Å²) in [5, 5.41) is 1.19. The van der Waals surface area contributed by atoms with Gasteiger partial charge in [0.2, 0.25) is 5.91 Å². The fourth-order valence-corrected chi connectivity index (χ4v) is 4.08. The first-order valence-corrected chi connectivity index (χ1v) is 9.99. The number of carbonyl (C=O) groups is 1. The van der Waals surface area contributed by atoms with Crippen molar-refractivity contribution in [2.75, 3.05) is 24.5 Å². The molecular formula is C23H26N4O. The summed E-state index contributed by atoms with van der Waals surface area (Å²) in [4.78, 5) is 25.6. The van der Waals surface area contributed by atoms with Crippen LogP contribution in [0.3, 0.4) is 0 Å². The number of nitrogens with zero attached hydrogens (tertiary/aromatic N) is 4. The van der Waals surface area contributed by atoms with Crippen LogP contribution in [0.5, 0.6) is 0 Å². The Labute approximate surface area is 166 Å². The molecule has 1 aliphatic rings. The van der Waals surface area contributed by atoms with Gasteiger partial charge < -0.3 is 9.80 Å². The second kappa shape index (κ2) is 8.38. The lowest BCUT2D eigenvalue weighted by Gasteiger charge is -2.41. The van der Waals surface area contributed by atoms with Crippen molar-refractivity contribution in [2.45, 2.75) is 32.2 Å². The molecule has 0 N–H and O–H groups in total. The molecule has 5 nitrogen and oxygen atoms in total. The van der Waals surface area contributed by atoms with Crippen LogP contribution in [0.15, 0.2) is 61.1 Å². The standard InChI is InChI=1S/C23H26N4O/c1-18-17-26(15-16-27(18)20-10-13-24-14-11-20)23(28)9-3-6-19-5-2-8-22-21(19)7-4-12-25-22/h2,4-5,7-8,10-14,18H,3,6,9,15-17H2,1H3. The van der Waals surface area contributed by atoms with Crippen molar-refractivity contribution in [3.63, 3.8) is 0 Å². The van der Waals surface area contributed by atoms with Crippen LogP contribution in [0, 0.1) is 0 Å². The van der Waals surface area contributed by atoms with Crippen LogP contribution in [0.2, 0.25) is 0 Å². The largest absolute Gasteiger partial charge is 0.365 e. The van der Waals surface area contributed by atoms with Gasteiger partial charge in [-0.15, -0.1) is 0 Å². The van der Waals surface area contributed by atoms with E-state index in [0.717, 1.165) is 38.0 Å². The zero-order valence-electron chi connectivity index (χ0n) is 16.3. The van der Waals surface area contributed by atoms with Gasteiger partial charge in [-0.3, -0.25) is 14.8 Å². The van der Waals surface area contributed by atoms with E-state index in [1.165, 1.54) is 16.6 Å². The maximum Gasteiger partial charge on any atom is 0.222 e. The summed E-state index contributed by atoms with van der Waals surface area (Å²) in [7, 11) is 0. The van der Waals surface area contributed by atoms with Gasteiger partial charge in [0.05, 0.1) is 5.52 Å². The van der Waals surface area contributed by atoms with Gasteiger partial charge in [0.1, 0.15) is 0 Å². The molecule has 5 heteroatoms. The molecule has 28 heavy (non-hydrogen) atoms. The van der Waals surface area contributed by atoms with Crippen LogP contribution in [-0.4, -0.2) is 46.5 Å². The second-order valence-electron chi connectivity index (χ2n) is 7.43. The first-order chi connectivity index (χ1) is 13.7. The van der Waals surface area contributed by atoms with Gasteiger partial charge in [0, 0.05) is 61.8 Å². The van der Waals surface area contributed by atoms with Gasteiger partial charge in [-0.1, -0.05) is 18.2 Å². The normalized spacial score (nSPS) is 17.1. The van der Waals surface area contributed by atoms with Gasteiger partial charge in [-0.25, -0.2) is 0 Å². The lowest BCUT2D eigenvalue weighted by Crippen LogP contribution is -2.53. The predicted octanol–water partition coefficient (Wildman–Crippen LogP) is 3.69. The molecule has 0 saturated carbocycles. The molecule has 1 aromatic carbocycles. The van der Waals surface area contributed by atoms with E-state index in [0.29, 0.717) is 12.5 Å². The van der Waals surface area contributed by atoms with Crippen molar-refractivity contribution in [3.8, 4) is 0 Å². The predicted molar refractivity (Wildman–Crippen MR) is 112 cm³/mol. The maximum atomic E-state index is 12.7. The molecule has 0 aliphatic carbocycles. The molecule has 1 saturated heterocycles. The quantitative estimate of drug-likeness (QED) is 0.683. The number of aryl methyl sites for hydroxylation is 1. The first-order valence-electron chi connectivity index (χ1n) is 9.99. The molecule has 4 rings (SSSR count). The van der Waals surface area contributed by atoms with E-state index in [1.807, 2.05) is 53.8 Å². The van der Waals surface area contributed by atoms with Gasteiger partial charge >= 0.3 is 0 Å². The average molecular weight is 374 g/mol. The zero-order chi connectivity index (χ0) is 19.3. The molecule has 1 amide bonds. The number of rotatable bonds is 5. The van der Waals surface area contributed by atoms with Crippen molar-refractivity contribution < 1.29 is 4.79 Å². The Hall–Kier alpha value is -2.95. The number of piperazine rings is 1. The monoisotopic (exact) mass is 374 g/mol. The van der Waals surface area contributed by atoms with Crippen LogP contribution in [0.25, 0.3) is 10.9 Å². The lowest BCUT2D eigenvalue weighted by atomic mass is 10.0. The van der Waals surface area contributed by atoms with Crippen LogP contribution in [0.4, 0.5) is 5.69 Å². The number of fused-ring (bicyclic) bond motifs is 1. The van der Waals surface area contributed by atoms with Crippen molar-refractivity contribution in [2.24, 2.45) is 0 Å². The fraction of sp³-hybridized carbons (Fsp3) is 0.348. The topological polar surface area (TPSA) is 49.3 Å². The van der Waals surface area contributed by atoms with Crippen LogP contribution >= 0.6 is 0 Å². The summed E-state index contributed by atoms with van der Waals surface area (Å²) >= 11 is 0. The lowest BCUT2D eigenvalue weighted by molar-refractivity contribution is -0.132. The van der Waals surface area contributed by atoms with E-state index in [9.17, 15) is 4.79 Å². The van der Waals surface area contributed by atoms with E-state index < -0.39 is 0 Å². The van der Waals surface area contributed by atoms with Crippen molar-refractivity contribution >= 4 is 22.5 Å². The minimum Gasteiger partial charge on any atom is -0.365 e. The highest BCUT2D eigenvalue weighted by atomic mass is 16.2. The molecule has 1 unspecified atom stereocenters. The zero-order valence-corrected chi connectivity index (χ0v) is 16.3. The molecule has 3 aromatic rings. The number of pyridine rings is 2. The average Bonchev–Trinajstić information content (AvgIpc) is 2.74. The number of carbonyl (C=O) groups excluding carboxylic acids is 1. The molecule has 1 fully saturated rings. The van der Waals surface area contributed by atoms with Gasteiger partial charge in [0.25, 0.3) is 0 Å². The van der Waals surface area contributed by atoms with E-state index >= 15 is 0 Å². The Morgan fingerprint density at radius 1 is 1.07 bits per heavy atom. The van der Waals surface area contributed by atoms with Crippen LogP contribution in [-0.2, 0) is 11.2 Å². The van der Waals surface area contributed by atoms with Gasteiger partial charge in [0.15, 0.2) is 0 Å². The first kappa shape index (κ1) is 18.4. The highest BCUT2D eigenvalue weighted by molar-refractivity contribution is 5.82. The fourth-order valence-electron chi connectivity index (χ4n) is 4.08. The number of amides is 1. The number of benzene rings is 1. The number of hydrogen-bond donors (Lipinski definition) is 0. The number of hydrogen-bond acceptors (Lipinski definition) is 4. The summed E-state index contributed by atoms with van der Waals surface area (Å²) in [6.45, 7) is 4.61. The van der Waals surface area contributed by atoms with E-state index in [-0.39, 0.29) is 5.91 Å². The minimum absolute atomic E-state index is 0.264. The molecular weight excluding hydrogens is 348 g/mol. The second-order valence-corrected chi connectivity index (χ2v) is 7.43. The SMILES string of the molecule is CC1CN(C(=O)CCCc2cccc3ncccc23)CCN1c1ccncc1. The highest BCUT2D eigenvalue weighted by Gasteiger charge is 2.26. The maximum absolute atomic E-state index is 12.7. The Balaban J connectivity index is 1.31. The molecule has 0 radical (unpaired) electrons. The molecule has 144 valence electrons. The molecule has 0 bridgehead atoms. The van der Waals surface area contributed by atoms with Gasteiger partial charge in [-0.05, 0) is 49.6 Å². The van der Waals surface area contributed by atoms with Crippen molar-refractivity contribution in [1.29, 1.82) is 0 Å². The number of aromatic nitrogens is 2. The minimum atomic E-state index is 0.264. The third kappa shape index (κ3) is 3.98. The molecule has 2 aromatic heterocycles. The van der Waals surface area contributed by atoms with E-state index in [1.54, 1.807) is 0 Å². The molecule has 0 spiro atoms. The van der Waals surface area contributed by atoms with Crippen molar-refractivity contribution in [3.05, 3.63) is 66.6 Å². The third-order valence-electron chi connectivity index (χ3n) is 5.55. The van der Waals surface area contributed by atoms with E-state index in [4.69, 9.17) is 0 Å². The van der Waals surface area contributed by atoms with E-state index in [2.05, 4.69) is 33.9 Å². The summed E-state index contributed by atoms with van der Waals surface area (Å²) in [5.41, 5.74) is 3.47. The summed E-state index contributed by atoms with van der Waals surface area (Å²) in [6, 6.07) is 14.7.